The van der Waals surface area contributed by atoms with E-state index in [4.69, 9.17) is 4.74 Å². The highest BCUT2D eigenvalue weighted by Gasteiger charge is 2.12. The lowest BCUT2D eigenvalue weighted by atomic mass is 10.1. The van der Waals surface area contributed by atoms with E-state index in [1.54, 1.807) is 0 Å². The van der Waals surface area contributed by atoms with Crippen molar-refractivity contribution in [3.05, 3.63) is 57.0 Å². The van der Waals surface area contributed by atoms with E-state index in [0.29, 0.717) is 12.2 Å². The van der Waals surface area contributed by atoms with Crippen LogP contribution in [0.25, 0.3) is 0 Å². The molecule has 0 aliphatic rings. The van der Waals surface area contributed by atoms with Crippen LogP contribution >= 0.6 is 31.9 Å². The first-order valence-corrected chi connectivity index (χ1v) is 7.60. The third kappa shape index (κ3) is 3.59. The molecule has 0 saturated carbocycles. The van der Waals surface area contributed by atoms with Crippen molar-refractivity contribution in [3.8, 4) is 11.5 Å². The second-order valence-corrected chi connectivity index (χ2v) is 5.91. The second kappa shape index (κ2) is 6.55. The molecule has 0 unspecified atom stereocenters. The maximum absolute atomic E-state index is 10.0. The Morgan fingerprint density at radius 3 is 2.53 bits per heavy atom. The molecule has 0 aliphatic heterocycles. The van der Waals surface area contributed by atoms with Gasteiger partial charge in [0.05, 0.1) is 10.6 Å². The van der Waals surface area contributed by atoms with Crippen LogP contribution in [0.1, 0.15) is 25.0 Å². The minimum absolute atomic E-state index is 0.509. The van der Waals surface area contributed by atoms with Gasteiger partial charge in [-0.3, -0.25) is 0 Å². The molecule has 19 heavy (non-hydrogen) atoms. The monoisotopic (exact) mass is 384 g/mol. The zero-order chi connectivity index (χ0) is 13.8. The van der Waals surface area contributed by atoms with Crippen molar-refractivity contribution >= 4 is 31.9 Å². The average Bonchev–Trinajstić information content (AvgIpc) is 2.41. The van der Waals surface area contributed by atoms with Crippen LogP contribution < -0.4 is 4.74 Å². The van der Waals surface area contributed by atoms with Gasteiger partial charge in [0.1, 0.15) is 11.5 Å². The fourth-order valence-electron chi connectivity index (χ4n) is 1.75. The molecule has 0 spiro atoms. The number of aliphatic hydroxyl groups excluding tert-OH is 1. The van der Waals surface area contributed by atoms with Gasteiger partial charge in [0.15, 0.2) is 0 Å². The first-order chi connectivity index (χ1) is 9.11. The van der Waals surface area contributed by atoms with Crippen LogP contribution in [0.4, 0.5) is 0 Å². The number of rotatable bonds is 4. The van der Waals surface area contributed by atoms with Gasteiger partial charge in [-0.1, -0.05) is 41.1 Å². The van der Waals surface area contributed by atoms with Gasteiger partial charge < -0.3 is 9.84 Å². The highest BCUT2D eigenvalue weighted by atomic mass is 79.9. The smallest absolute Gasteiger partial charge is 0.141 e. The van der Waals surface area contributed by atoms with E-state index in [9.17, 15) is 5.11 Å². The van der Waals surface area contributed by atoms with Crippen molar-refractivity contribution in [2.75, 3.05) is 0 Å². The van der Waals surface area contributed by atoms with Crippen LogP contribution in [0.15, 0.2) is 51.4 Å². The van der Waals surface area contributed by atoms with Gasteiger partial charge >= 0.3 is 0 Å². The molecule has 2 aromatic carbocycles. The normalized spacial score (nSPS) is 12.2. The van der Waals surface area contributed by atoms with E-state index in [1.807, 2.05) is 49.4 Å². The molecule has 1 N–H and O–H groups in total. The highest BCUT2D eigenvalue weighted by molar-refractivity contribution is 9.11. The van der Waals surface area contributed by atoms with Gasteiger partial charge in [-0.15, -0.1) is 0 Å². The first-order valence-electron chi connectivity index (χ1n) is 6.01. The lowest BCUT2D eigenvalue weighted by molar-refractivity contribution is 0.170. The Bertz CT molecular complexity index is 570. The van der Waals surface area contributed by atoms with Crippen LogP contribution in [0.3, 0.4) is 0 Å². The summed E-state index contributed by atoms with van der Waals surface area (Å²) < 4.78 is 7.73. The number of aliphatic hydroxyl groups is 1. The maximum Gasteiger partial charge on any atom is 0.141 e. The summed E-state index contributed by atoms with van der Waals surface area (Å²) in [6, 6.07) is 13.3. The molecule has 0 aromatic heterocycles. The minimum Gasteiger partial charge on any atom is -0.456 e. The van der Waals surface area contributed by atoms with E-state index in [1.165, 1.54) is 0 Å². The van der Waals surface area contributed by atoms with E-state index in [2.05, 4.69) is 31.9 Å². The Hall–Kier alpha value is -0.840. The largest absolute Gasteiger partial charge is 0.456 e. The van der Waals surface area contributed by atoms with Gasteiger partial charge in [0, 0.05) is 10.0 Å². The van der Waals surface area contributed by atoms with Gasteiger partial charge in [-0.2, -0.15) is 0 Å². The van der Waals surface area contributed by atoms with Crippen molar-refractivity contribution in [2.24, 2.45) is 0 Å². The van der Waals surface area contributed by atoms with Crippen molar-refractivity contribution < 1.29 is 9.84 Å². The molecule has 0 saturated heterocycles. The molecule has 0 bridgehead atoms. The van der Waals surface area contributed by atoms with Crippen molar-refractivity contribution in [2.45, 2.75) is 19.4 Å². The van der Waals surface area contributed by atoms with Crippen LogP contribution in [0.2, 0.25) is 0 Å². The third-order valence-electron chi connectivity index (χ3n) is 2.78. The van der Waals surface area contributed by atoms with Gasteiger partial charge in [0.25, 0.3) is 0 Å². The number of hydrogen-bond acceptors (Lipinski definition) is 2. The fraction of sp³-hybridized carbons (Fsp3) is 0.200. The Balaban J connectivity index is 2.33. The lowest BCUT2D eigenvalue weighted by Crippen LogP contribution is -1.98. The lowest BCUT2D eigenvalue weighted by Gasteiger charge is -2.15. The fourth-order valence-corrected chi connectivity index (χ4v) is 2.87. The summed E-state index contributed by atoms with van der Waals surface area (Å²) in [5.41, 5.74) is 0.805. The molecular formula is C15H14Br2O2. The molecule has 0 amide bonds. The second-order valence-electron chi connectivity index (χ2n) is 4.14. The summed E-state index contributed by atoms with van der Waals surface area (Å²) in [6.45, 7) is 1.94. The number of hydrogen-bond donors (Lipinski definition) is 1. The number of halogens is 2. The molecule has 2 aromatic rings. The Morgan fingerprint density at radius 1 is 1.11 bits per heavy atom. The van der Waals surface area contributed by atoms with Gasteiger partial charge in [-0.25, -0.2) is 0 Å². The molecule has 100 valence electrons. The molecule has 0 radical (unpaired) electrons. The average molecular weight is 386 g/mol. The molecule has 4 heteroatoms. The minimum atomic E-state index is -0.509. The number of para-hydroxylation sites is 1. The van der Waals surface area contributed by atoms with E-state index in [0.717, 1.165) is 20.3 Å². The first kappa shape index (κ1) is 14.6. The third-order valence-corrected chi connectivity index (χ3v) is 3.89. The van der Waals surface area contributed by atoms with Crippen molar-refractivity contribution in [1.82, 2.24) is 0 Å². The molecule has 0 fully saturated rings. The van der Waals surface area contributed by atoms with Crippen molar-refractivity contribution in [3.63, 3.8) is 0 Å². The Labute approximate surface area is 129 Å². The van der Waals surface area contributed by atoms with E-state index >= 15 is 0 Å². The van der Waals surface area contributed by atoms with Gasteiger partial charge in [-0.05, 0) is 46.6 Å². The van der Waals surface area contributed by atoms with Crippen LogP contribution in [0.5, 0.6) is 11.5 Å². The van der Waals surface area contributed by atoms with Gasteiger partial charge in [0.2, 0.25) is 0 Å². The molecule has 2 nitrogen and oxygen atoms in total. The molecule has 0 aliphatic carbocycles. The van der Waals surface area contributed by atoms with Crippen LogP contribution in [-0.2, 0) is 0 Å². The summed E-state index contributed by atoms with van der Waals surface area (Å²) >= 11 is 6.87. The molecule has 0 heterocycles. The number of benzene rings is 2. The number of ether oxygens (including phenoxy) is 1. The highest BCUT2D eigenvalue weighted by Crippen LogP contribution is 2.35. The summed E-state index contributed by atoms with van der Waals surface area (Å²) in [5, 5.41) is 10.0. The standard InChI is InChI=1S/C15H14Br2O2/c1-2-13(18)11-5-3-4-6-14(11)19-15-8-7-10(16)9-12(15)17/h3-9,13,18H,2H2,1H3/t13-/m1/s1. The summed E-state index contributed by atoms with van der Waals surface area (Å²) in [4.78, 5) is 0. The zero-order valence-corrected chi connectivity index (χ0v) is 13.6. The predicted molar refractivity (Wildman–Crippen MR) is 83.6 cm³/mol. The van der Waals surface area contributed by atoms with Crippen LogP contribution in [-0.4, -0.2) is 5.11 Å². The van der Waals surface area contributed by atoms with Crippen molar-refractivity contribution in [1.29, 1.82) is 0 Å². The van der Waals surface area contributed by atoms with E-state index in [-0.39, 0.29) is 0 Å². The summed E-state index contributed by atoms with van der Waals surface area (Å²) in [6.07, 6.45) is 0.146. The molecular weight excluding hydrogens is 372 g/mol. The molecule has 1 atom stereocenters. The topological polar surface area (TPSA) is 29.5 Å². The predicted octanol–water partition coefficient (Wildman–Crippen LogP) is 5.45. The Morgan fingerprint density at radius 2 is 1.84 bits per heavy atom. The van der Waals surface area contributed by atoms with E-state index < -0.39 is 6.10 Å². The maximum atomic E-state index is 10.0. The molecule has 2 rings (SSSR count). The Kier molecular flexibility index (Phi) is 5.02. The van der Waals surface area contributed by atoms with Crippen LogP contribution in [0, 0.1) is 0 Å². The summed E-state index contributed by atoms with van der Waals surface area (Å²) in [5.74, 6) is 1.40. The zero-order valence-electron chi connectivity index (χ0n) is 10.4. The SMILES string of the molecule is CC[C@@H](O)c1ccccc1Oc1ccc(Br)cc1Br. The summed E-state index contributed by atoms with van der Waals surface area (Å²) in [7, 11) is 0. The quantitative estimate of drug-likeness (QED) is 0.758.